The molecule has 0 atom stereocenters. The second-order valence-electron chi connectivity index (χ2n) is 2.52. The highest BCUT2D eigenvalue weighted by Crippen LogP contribution is 2.14. The normalized spacial score (nSPS) is 17.5. The summed E-state index contributed by atoms with van der Waals surface area (Å²) in [6.45, 7) is 1.43. The highest BCUT2D eigenvalue weighted by atomic mass is 16.6. The van der Waals surface area contributed by atoms with Crippen LogP contribution in [0.1, 0.15) is 0 Å². The summed E-state index contributed by atoms with van der Waals surface area (Å²) in [6, 6.07) is 10.5. The first-order valence-electron chi connectivity index (χ1n) is 3.66. The highest BCUT2D eigenvalue weighted by molar-refractivity contribution is 5.20. The van der Waals surface area contributed by atoms with E-state index in [-0.39, 0.29) is 6.10 Å². The minimum Gasteiger partial charge on any atom is -0.486 e. The summed E-state index contributed by atoms with van der Waals surface area (Å²) in [6.07, 6.45) is 0.255. The molecule has 0 aromatic heterocycles. The summed E-state index contributed by atoms with van der Waals surface area (Å²) in [5, 5.41) is 0. The van der Waals surface area contributed by atoms with Gasteiger partial charge in [-0.3, -0.25) is 0 Å². The number of hydrogen-bond acceptors (Lipinski definition) is 2. The summed E-state index contributed by atoms with van der Waals surface area (Å²) in [5.74, 6) is 0.876. The molecule has 1 saturated heterocycles. The third-order valence-corrected chi connectivity index (χ3v) is 1.59. The molecule has 1 aliphatic rings. The molecule has 1 heterocycles. The van der Waals surface area contributed by atoms with Crippen molar-refractivity contribution in [2.45, 2.75) is 6.10 Å². The summed E-state index contributed by atoms with van der Waals surface area (Å²) >= 11 is 0. The number of rotatable bonds is 2. The van der Waals surface area contributed by atoms with Gasteiger partial charge in [0.1, 0.15) is 11.9 Å². The van der Waals surface area contributed by atoms with Crippen LogP contribution in [0.25, 0.3) is 0 Å². The Morgan fingerprint density at radius 2 is 2.45 bits per heavy atom. The van der Waals surface area contributed by atoms with Gasteiger partial charge in [0.05, 0.1) is 13.2 Å². The Kier molecular flexibility index (Phi) is 1.78. The van der Waals surface area contributed by atoms with Crippen LogP contribution in [0.2, 0.25) is 0 Å². The van der Waals surface area contributed by atoms with E-state index >= 15 is 0 Å². The van der Waals surface area contributed by atoms with E-state index in [9.17, 15) is 0 Å². The molecule has 1 aromatic carbocycles. The molecule has 0 bridgehead atoms. The molecular weight excluding hydrogens is 140 g/mol. The van der Waals surface area contributed by atoms with Crippen LogP contribution in [-0.2, 0) is 4.74 Å². The molecule has 0 unspecified atom stereocenters. The lowest BCUT2D eigenvalue weighted by atomic mass is 10.3. The summed E-state index contributed by atoms with van der Waals surface area (Å²) < 4.78 is 10.5. The Hall–Kier alpha value is -1.02. The number of benzene rings is 1. The van der Waals surface area contributed by atoms with Crippen molar-refractivity contribution in [3.8, 4) is 5.75 Å². The van der Waals surface area contributed by atoms with E-state index in [1.54, 1.807) is 0 Å². The van der Waals surface area contributed by atoms with E-state index in [1.807, 2.05) is 24.3 Å². The van der Waals surface area contributed by atoms with Crippen LogP contribution in [0.3, 0.4) is 0 Å². The van der Waals surface area contributed by atoms with Gasteiger partial charge < -0.3 is 9.47 Å². The number of hydrogen-bond donors (Lipinski definition) is 0. The molecule has 0 amide bonds. The van der Waals surface area contributed by atoms with Gasteiger partial charge in [-0.25, -0.2) is 0 Å². The van der Waals surface area contributed by atoms with E-state index in [0.29, 0.717) is 0 Å². The summed E-state index contributed by atoms with van der Waals surface area (Å²) in [7, 11) is 0. The Balaban J connectivity index is 1.95. The highest BCUT2D eigenvalue weighted by Gasteiger charge is 2.19. The lowest BCUT2D eigenvalue weighted by Crippen LogP contribution is -2.38. The van der Waals surface area contributed by atoms with Gasteiger partial charge in [0.2, 0.25) is 0 Å². The minimum absolute atomic E-state index is 0.255. The fraction of sp³-hybridized carbons (Fsp3) is 0.333. The molecule has 1 fully saturated rings. The van der Waals surface area contributed by atoms with Crippen LogP contribution in [0.4, 0.5) is 0 Å². The smallest absolute Gasteiger partial charge is 0.145 e. The first-order valence-corrected chi connectivity index (χ1v) is 3.66. The summed E-state index contributed by atoms with van der Waals surface area (Å²) in [4.78, 5) is 0. The summed E-state index contributed by atoms with van der Waals surface area (Å²) in [5.41, 5.74) is 0. The van der Waals surface area contributed by atoms with E-state index in [4.69, 9.17) is 9.47 Å². The van der Waals surface area contributed by atoms with Crippen LogP contribution >= 0.6 is 0 Å². The Morgan fingerprint density at radius 3 is 3.00 bits per heavy atom. The van der Waals surface area contributed by atoms with Crippen molar-refractivity contribution in [2.24, 2.45) is 0 Å². The molecule has 0 aliphatic carbocycles. The largest absolute Gasteiger partial charge is 0.486 e. The van der Waals surface area contributed by atoms with Crippen LogP contribution in [-0.4, -0.2) is 19.3 Å². The Morgan fingerprint density at radius 1 is 1.55 bits per heavy atom. The number of ether oxygens (including phenoxy) is 2. The lowest BCUT2D eigenvalue weighted by molar-refractivity contribution is -0.0796. The zero-order valence-electron chi connectivity index (χ0n) is 6.12. The fourth-order valence-electron chi connectivity index (χ4n) is 0.925. The third kappa shape index (κ3) is 1.52. The molecule has 11 heavy (non-hydrogen) atoms. The standard InChI is InChI=1S/C9H9O2/c1-2-4-8(5-3-1)11-9-6-10-7-9/h1-2,4-5,9H,6-7H2. The molecule has 1 radical (unpaired) electrons. The molecule has 2 rings (SSSR count). The van der Waals surface area contributed by atoms with Crippen molar-refractivity contribution < 1.29 is 9.47 Å². The fourth-order valence-corrected chi connectivity index (χ4v) is 0.925. The molecule has 0 saturated carbocycles. The molecule has 2 heteroatoms. The van der Waals surface area contributed by atoms with Crippen LogP contribution in [0, 0.1) is 6.07 Å². The SMILES string of the molecule is [c]1cccc(OC2COC2)c1. The molecule has 2 nitrogen and oxygen atoms in total. The molecule has 0 spiro atoms. The first-order chi connectivity index (χ1) is 5.45. The van der Waals surface area contributed by atoms with Gasteiger partial charge >= 0.3 is 0 Å². The van der Waals surface area contributed by atoms with Gasteiger partial charge in [0, 0.05) is 0 Å². The van der Waals surface area contributed by atoms with Crippen molar-refractivity contribution in [3.63, 3.8) is 0 Å². The molecular formula is C9H9O2. The zero-order chi connectivity index (χ0) is 7.52. The average Bonchev–Trinajstić information content (AvgIpc) is 1.99. The maximum absolute atomic E-state index is 5.49. The first kappa shape index (κ1) is 6.68. The van der Waals surface area contributed by atoms with Crippen LogP contribution in [0.5, 0.6) is 5.75 Å². The van der Waals surface area contributed by atoms with Crippen molar-refractivity contribution in [1.29, 1.82) is 0 Å². The topological polar surface area (TPSA) is 18.5 Å². The minimum atomic E-state index is 0.255. The zero-order valence-corrected chi connectivity index (χ0v) is 6.12. The Labute approximate surface area is 65.7 Å². The van der Waals surface area contributed by atoms with Crippen LogP contribution < -0.4 is 4.74 Å². The predicted molar refractivity (Wildman–Crippen MR) is 40.5 cm³/mol. The maximum atomic E-state index is 5.49. The molecule has 0 N–H and O–H groups in total. The molecule has 1 aliphatic heterocycles. The monoisotopic (exact) mass is 149 g/mol. The van der Waals surface area contributed by atoms with E-state index in [2.05, 4.69) is 6.07 Å². The molecule has 57 valence electrons. The van der Waals surface area contributed by atoms with Gasteiger partial charge in [0.15, 0.2) is 0 Å². The second-order valence-corrected chi connectivity index (χ2v) is 2.52. The quantitative estimate of drug-likeness (QED) is 0.630. The Bertz CT molecular complexity index is 216. The van der Waals surface area contributed by atoms with Gasteiger partial charge in [-0.15, -0.1) is 0 Å². The van der Waals surface area contributed by atoms with Gasteiger partial charge in [-0.2, -0.15) is 0 Å². The van der Waals surface area contributed by atoms with Crippen molar-refractivity contribution in [3.05, 3.63) is 30.3 Å². The maximum Gasteiger partial charge on any atom is 0.145 e. The lowest BCUT2D eigenvalue weighted by Gasteiger charge is -2.26. The van der Waals surface area contributed by atoms with Gasteiger partial charge in [-0.05, 0) is 18.2 Å². The van der Waals surface area contributed by atoms with E-state index in [1.165, 1.54) is 0 Å². The second kappa shape index (κ2) is 2.93. The predicted octanol–water partition coefficient (Wildman–Crippen LogP) is 1.26. The third-order valence-electron chi connectivity index (χ3n) is 1.59. The van der Waals surface area contributed by atoms with Gasteiger partial charge in [-0.1, -0.05) is 12.1 Å². The van der Waals surface area contributed by atoms with E-state index < -0.39 is 0 Å². The van der Waals surface area contributed by atoms with Crippen LogP contribution in [0.15, 0.2) is 24.3 Å². The van der Waals surface area contributed by atoms with Crippen molar-refractivity contribution in [1.82, 2.24) is 0 Å². The van der Waals surface area contributed by atoms with Crippen molar-refractivity contribution in [2.75, 3.05) is 13.2 Å². The molecule has 1 aromatic rings. The average molecular weight is 149 g/mol. The van der Waals surface area contributed by atoms with Crippen molar-refractivity contribution >= 4 is 0 Å². The van der Waals surface area contributed by atoms with Gasteiger partial charge in [0.25, 0.3) is 0 Å². The van der Waals surface area contributed by atoms with E-state index in [0.717, 1.165) is 19.0 Å².